The lowest BCUT2D eigenvalue weighted by Crippen LogP contribution is -2.63. The summed E-state index contributed by atoms with van der Waals surface area (Å²) in [5.74, 6) is -2.75. The van der Waals surface area contributed by atoms with Gasteiger partial charge in [0.15, 0.2) is 0 Å². The molecule has 5 fully saturated rings. The van der Waals surface area contributed by atoms with Gasteiger partial charge in [-0.1, -0.05) is 88.5 Å². The van der Waals surface area contributed by atoms with E-state index < -0.39 is 58.5 Å². The molecule has 3 aliphatic carbocycles. The first kappa shape index (κ1) is 41.1. The van der Waals surface area contributed by atoms with E-state index in [0.717, 1.165) is 64.5 Å². The van der Waals surface area contributed by atoms with Gasteiger partial charge in [-0.3, -0.25) is 33.7 Å². The third kappa shape index (κ3) is 7.64. The summed E-state index contributed by atoms with van der Waals surface area (Å²) in [6, 6.07) is -4.06. The molecule has 2 saturated heterocycles. The van der Waals surface area contributed by atoms with Crippen LogP contribution in [0.25, 0.3) is 0 Å². The van der Waals surface area contributed by atoms with Crippen molar-refractivity contribution >= 4 is 35.3 Å². The van der Waals surface area contributed by atoms with E-state index in [-0.39, 0.29) is 40.1 Å². The number of nitrogens with one attached hydrogen (secondary N) is 4. The molecule has 3 saturated carbocycles. The quantitative estimate of drug-likeness (QED) is 0.209. The maximum Gasteiger partial charge on any atom is 0.289 e. The highest BCUT2D eigenvalue weighted by molar-refractivity contribution is 6.38. The van der Waals surface area contributed by atoms with Crippen molar-refractivity contribution in [3.05, 3.63) is 0 Å². The average Bonchev–Trinajstić information content (AvgIpc) is 3.89. The molecule has 0 aromatic rings. The van der Waals surface area contributed by atoms with Crippen LogP contribution in [-0.2, 0) is 28.8 Å². The van der Waals surface area contributed by atoms with Crippen molar-refractivity contribution in [3.8, 4) is 0 Å². The van der Waals surface area contributed by atoms with Gasteiger partial charge in [0.25, 0.3) is 5.91 Å². The van der Waals surface area contributed by atoms with Gasteiger partial charge >= 0.3 is 0 Å². The lowest BCUT2D eigenvalue weighted by Gasteiger charge is -2.39. The van der Waals surface area contributed by atoms with Gasteiger partial charge < -0.3 is 26.2 Å². The van der Waals surface area contributed by atoms with Gasteiger partial charge in [-0.05, 0) is 86.1 Å². The van der Waals surface area contributed by atoms with Gasteiger partial charge in [-0.2, -0.15) is 0 Å². The Morgan fingerprint density at radius 1 is 0.755 bits per heavy atom. The smallest absolute Gasteiger partial charge is 0.289 e. The first-order valence-electron chi connectivity index (χ1n) is 20.5. The van der Waals surface area contributed by atoms with Crippen molar-refractivity contribution in [2.24, 2.45) is 27.1 Å². The molecule has 0 unspecified atom stereocenters. The number of likely N-dealkylation sites (tertiary alicyclic amines) is 2. The molecule has 53 heavy (non-hydrogen) atoms. The number of carbonyl (C=O) groups is 6. The van der Waals surface area contributed by atoms with E-state index in [1.54, 1.807) is 4.90 Å². The molecule has 0 aromatic heterocycles. The van der Waals surface area contributed by atoms with Crippen molar-refractivity contribution < 1.29 is 28.8 Å². The van der Waals surface area contributed by atoms with Crippen molar-refractivity contribution in [2.45, 2.75) is 176 Å². The molecule has 5 aliphatic rings. The largest absolute Gasteiger partial charge is 0.347 e. The van der Waals surface area contributed by atoms with E-state index in [1.165, 1.54) is 0 Å². The minimum Gasteiger partial charge on any atom is -0.347 e. The molecule has 2 aliphatic heterocycles. The van der Waals surface area contributed by atoms with Gasteiger partial charge in [0.1, 0.15) is 18.1 Å². The van der Waals surface area contributed by atoms with Crippen molar-refractivity contribution in [1.82, 2.24) is 31.1 Å². The summed E-state index contributed by atoms with van der Waals surface area (Å²) in [7, 11) is 0. The molecule has 2 heterocycles. The standard InChI is InChI=1S/C41H68N6O6/c1-11-16-26(29(48)34(51)42-25-18-19-25)43-33(50)28-23-41(39(9,10)40(41)20-15-21-40)24-47(28)36(53)31(38(6,7)8)45-35(52)30(37(3,4)5)44-32(49)27-17-13-14-22-46(27)12-2/h25-28,30-31H,11-24H2,1-10H3,(H,42,51)(H,43,50)(H,44,49)(H,45,52)/t26-,27+,28-,30+,31+,41+/m0/s1. The Hall–Kier alpha value is -3.02. The Bertz CT molecular complexity index is 1450. The number of amides is 5. The molecule has 0 bridgehead atoms. The molecule has 4 N–H and O–H groups in total. The topological polar surface area (TPSA) is 157 Å². The molecule has 298 valence electrons. The van der Waals surface area contributed by atoms with E-state index in [4.69, 9.17) is 0 Å². The molecule has 0 aromatic carbocycles. The molecule has 2 spiro atoms. The van der Waals surface area contributed by atoms with Crippen LogP contribution in [0, 0.1) is 27.1 Å². The Kier molecular flexibility index (Phi) is 11.6. The van der Waals surface area contributed by atoms with E-state index in [2.05, 4.69) is 40.0 Å². The second-order valence-corrected chi connectivity index (χ2v) is 19.5. The molecule has 12 nitrogen and oxygen atoms in total. The predicted octanol–water partition coefficient (Wildman–Crippen LogP) is 3.85. The number of Topliss-reactive ketones (excluding diaryl/α,β-unsaturated/α-hetero) is 1. The van der Waals surface area contributed by atoms with Crippen molar-refractivity contribution in [3.63, 3.8) is 0 Å². The number of piperidine rings is 1. The summed E-state index contributed by atoms with van der Waals surface area (Å²) in [5, 5.41) is 11.8. The second-order valence-electron chi connectivity index (χ2n) is 19.5. The maximum absolute atomic E-state index is 15.0. The SMILES string of the molecule is CCC[C@H](NC(=O)[C@@H]1C[C@@]2(CN1C(=O)[C@@H](NC(=O)[C@@H](NC(=O)[C@H]1CCCCN1CC)C(C)(C)C)C(C)(C)C)C(C)(C)C21CCC1)C(=O)C(=O)NC1CC1. The fourth-order valence-electron chi connectivity index (χ4n) is 10.2. The van der Waals surface area contributed by atoms with Gasteiger partial charge in [0.2, 0.25) is 29.4 Å². The normalized spacial score (nSPS) is 28.0. The second kappa shape index (κ2) is 14.9. The zero-order chi connectivity index (χ0) is 39.3. The summed E-state index contributed by atoms with van der Waals surface area (Å²) >= 11 is 0. The number of nitrogens with zero attached hydrogens (tertiary/aromatic N) is 2. The number of carbonyl (C=O) groups excluding carboxylic acids is 6. The van der Waals surface area contributed by atoms with Crippen LogP contribution in [0.5, 0.6) is 0 Å². The van der Waals surface area contributed by atoms with Crippen LogP contribution >= 0.6 is 0 Å². The van der Waals surface area contributed by atoms with Crippen molar-refractivity contribution in [2.75, 3.05) is 19.6 Å². The summed E-state index contributed by atoms with van der Waals surface area (Å²) in [5.41, 5.74) is -1.74. The molecule has 5 rings (SSSR count). The summed E-state index contributed by atoms with van der Waals surface area (Å²) < 4.78 is 0. The van der Waals surface area contributed by atoms with Gasteiger partial charge in [0.05, 0.1) is 12.1 Å². The summed E-state index contributed by atoms with van der Waals surface area (Å²) in [4.78, 5) is 87.3. The molecule has 5 amide bonds. The Balaban J connectivity index is 1.40. The monoisotopic (exact) mass is 741 g/mol. The van der Waals surface area contributed by atoms with E-state index in [9.17, 15) is 28.8 Å². The Morgan fingerprint density at radius 2 is 1.38 bits per heavy atom. The fourth-order valence-corrected chi connectivity index (χ4v) is 10.2. The first-order valence-corrected chi connectivity index (χ1v) is 20.5. The molecule has 6 atom stereocenters. The van der Waals surface area contributed by atoms with Crippen LogP contribution in [-0.4, -0.2) is 101 Å². The minimum absolute atomic E-state index is 0.0111. The zero-order valence-electron chi connectivity index (χ0n) is 34.2. The number of fused-ring (bicyclic) bond motifs is 1. The van der Waals surface area contributed by atoms with E-state index in [1.807, 2.05) is 55.4 Å². The lowest BCUT2D eigenvalue weighted by atomic mass is 9.73. The Morgan fingerprint density at radius 3 is 1.89 bits per heavy atom. The van der Waals surface area contributed by atoms with Gasteiger partial charge in [-0.15, -0.1) is 0 Å². The average molecular weight is 741 g/mol. The third-order valence-electron chi connectivity index (χ3n) is 13.9. The van der Waals surface area contributed by atoms with Crippen LogP contribution in [0.1, 0.15) is 140 Å². The van der Waals surface area contributed by atoms with E-state index in [0.29, 0.717) is 25.8 Å². The highest BCUT2D eigenvalue weighted by Gasteiger charge is 2.85. The first-order chi connectivity index (χ1) is 24.7. The van der Waals surface area contributed by atoms with Gasteiger partial charge in [-0.25, -0.2) is 0 Å². The van der Waals surface area contributed by atoms with Crippen LogP contribution < -0.4 is 21.3 Å². The number of likely N-dealkylation sites (N-methyl/N-ethyl adjacent to an activating group) is 1. The molecular formula is C41H68N6O6. The lowest BCUT2D eigenvalue weighted by molar-refractivity contribution is -0.146. The van der Waals surface area contributed by atoms with Crippen LogP contribution in [0.3, 0.4) is 0 Å². The predicted molar refractivity (Wildman–Crippen MR) is 203 cm³/mol. The van der Waals surface area contributed by atoms with Gasteiger partial charge in [0, 0.05) is 18.0 Å². The minimum atomic E-state index is -0.999. The van der Waals surface area contributed by atoms with E-state index >= 15 is 0 Å². The number of hydrogen-bond donors (Lipinski definition) is 4. The van der Waals surface area contributed by atoms with Crippen LogP contribution in [0.2, 0.25) is 0 Å². The Labute approximate surface area is 317 Å². The van der Waals surface area contributed by atoms with Crippen LogP contribution in [0.4, 0.5) is 0 Å². The number of rotatable bonds is 13. The highest BCUT2D eigenvalue weighted by atomic mass is 16.2. The zero-order valence-corrected chi connectivity index (χ0v) is 34.2. The number of hydrogen-bond acceptors (Lipinski definition) is 7. The number of ketones is 1. The summed E-state index contributed by atoms with van der Waals surface area (Å²) in [6.07, 6.45) is 8.94. The fraction of sp³-hybridized carbons (Fsp3) is 0.854. The third-order valence-corrected chi connectivity index (χ3v) is 13.9. The van der Waals surface area contributed by atoms with Crippen molar-refractivity contribution in [1.29, 1.82) is 0 Å². The molecule has 12 heteroatoms. The molecule has 0 radical (unpaired) electrons. The summed E-state index contributed by atoms with van der Waals surface area (Å²) in [6.45, 7) is 21.8. The van der Waals surface area contributed by atoms with Crippen LogP contribution in [0.15, 0.2) is 0 Å². The maximum atomic E-state index is 15.0. The highest BCUT2D eigenvalue weighted by Crippen LogP contribution is 2.88. The molecular weight excluding hydrogens is 672 g/mol.